The van der Waals surface area contributed by atoms with Crippen LogP contribution in [0.3, 0.4) is 0 Å². The summed E-state index contributed by atoms with van der Waals surface area (Å²) in [6, 6.07) is 0. The fourth-order valence-electron chi connectivity index (χ4n) is 3.76. The lowest BCUT2D eigenvalue weighted by Crippen LogP contribution is -2.37. The fourth-order valence-corrected chi connectivity index (χ4v) is 4.48. The number of esters is 2. The van der Waals surface area contributed by atoms with Gasteiger partial charge in [0.05, 0.1) is 27.7 Å². The van der Waals surface area contributed by atoms with Gasteiger partial charge < -0.3 is 27.9 Å². The summed E-state index contributed by atoms with van der Waals surface area (Å²) in [5, 5.41) is 0. The smallest absolute Gasteiger partial charge is 0.306 e. The van der Waals surface area contributed by atoms with Gasteiger partial charge in [-0.1, -0.05) is 80.1 Å². The van der Waals surface area contributed by atoms with E-state index in [4.69, 9.17) is 18.5 Å². The molecule has 10 heteroatoms. The highest BCUT2D eigenvalue weighted by Crippen LogP contribution is 2.38. The molecule has 226 valence electrons. The van der Waals surface area contributed by atoms with Crippen molar-refractivity contribution in [2.45, 2.75) is 99.0 Å². The molecule has 0 rings (SSSR count). The zero-order chi connectivity index (χ0) is 29.4. The summed E-state index contributed by atoms with van der Waals surface area (Å²) < 4.78 is 33.5. The quantitative estimate of drug-likeness (QED) is 0.0981. The monoisotopic (exact) mass is 565 g/mol. The van der Waals surface area contributed by atoms with Gasteiger partial charge in [-0.2, -0.15) is 0 Å². The molecule has 9 nitrogen and oxygen atoms in total. The molecule has 0 heterocycles. The first-order chi connectivity index (χ1) is 17.5. The Hall–Kier alpha value is -0.990. The number of nitrogens with zero attached hydrogens (tertiary/aromatic N) is 1. The second-order valence-corrected chi connectivity index (χ2v) is 14.1. The van der Waals surface area contributed by atoms with Crippen LogP contribution in [0, 0.1) is 23.7 Å². The van der Waals surface area contributed by atoms with E-state index in [1.54, 1.807) is 0 Å². The van der Waals surface area contributed by atoms with Crippen molar-refractivity contribution in [3.8, 4) is 0 Å². The van der Waals surface area contributed by atoms with Crippen molar-refractivity contribution in [2.24, 2.45) is 23.7 Å². The highest BCUT2D eigenvalue weighted by Gasteiger charge is 2.23. The third-order valence-electron chi connectivity index (χ3n) is 6.15. The highest BCUT2D eigenvalue weighted by atomic mass is 31.2. The predicted octanol–water partition coefficient (Wildman–Crippen LogP) is 5.35. The number of hydrogen-bond acceptors (Lipinski definition) is 8. The average Bonchev–Trinajstić information content (AvgIpc) is 2.73. The first-order valence-electron chi connectivity index (χ1n) is 14.2. The molecular formula is C28H56NO8P. The van der Waals surface area contributed by atoms with Crippen LogP contribution in [-0.4, -0.2) is 70.0 Å². The Morgan fingerprint density at radius 2 is 1.26 bits per heavy atom. The Labute approximate surface area is 232 Å². The van der Waals surface area contributed by atoms with Crippen molar-refractivity contribution in [1.82, 2.24) is 0 Å². The van der Waals surface area contributed by atoms with Crippen LogP contribution < -0.4 is 4.89 Å². The summed E-state index contributed by atoms with van der Waals surface area (Å²) in [4.78, 5) is 37.2. The number of carbonyl (C=O) groups excluding carboxylic acids is 2. The molecule has 0 spiro atoms. The molecule has 0 aromatic carbocycles. The normalized spacial score (nSPS) is 16.2. The molecule has 0 radical (unpaired) electrons. The van der Waals surface area contributed by atoms with Gasteiger partial charge in [-0.25, -0.2) is 0 Å². The highest BCUT2D eigenvalue weighted by molar-refractivity contribution is 7.45. The van der Waals surface area contributed by atoms with Crippen molar-refractivity contribution in [3.05, 3.63) is 0 Å². The number of phosphoric ester groups is 1. The van der Waals surface area contributed by atoms with Crippen LogP contribution >= 0.6 is 7.82 Å². The molecule has 0 aliphatic heterocycles. The van der Waals surface area contributed by atoms with Crippen LogP contribution in [-0.2, 0) is 32.7 Å². The summed E-state index contributed by atoms with van der Waals surface area (Å²) in [5.41, 5.74) is 0. The third kappa shape index (κ3) is 22.9. The Bertz CT molecular complexity index is 707. The molecule has 0 aromatic rings. The minimum Gasteiger partial charge on any atom is -0.756 e. The van der Waals surface area contributed by atoms with Crippen LogP contribution in [0.2, 0.25) is 0 Å². The average molecular weight is 566 g/mol. The summed E-state index contributed by atoms with van der Waals surface area (Å²) in [7, 11) is 1.14. The zero-order valence-corrected chi connectivity index (χ0v) is 26.4. The third-order valence-corrected chi connectivity index (χ3v) is 7.11. The number of carbonyl (C=O) groups is 2. The molecule has 0 aliphatic carbocycles. The first-order valence-corrected chi connectivity index (χ1v) is 15.7. The van der Waals surface area contributed by atoms with Crippen molar-refractivity contribution >= 4 is 19.8 Å². The number of phosphoric acid groups is 1. The van der Waals surface area contributed by atoms with Gasteiger partial charge in [0.1, 0.15) is 19.8 Å². The summed E-state index contributed by atoms with van der Waals surface area (Å²) in [6.07, 6.45) is 5.49. The van der Waals surface area contributed by atoms with Crippen molar-refractivity contribution in [1.29, 1.82) is 0 Å². The molecule has 0 saturated carbocycles. The van der Waals surface area contributed by atoms with Gasteiger partial charge in [-0.05, 0) is 23.7 Å². The van der Waals surface area contributed by atoms with Gasteiger partial charge in [0.25, 0.3) is 7.82 Å². The van der Waals surface area contributed by atoms with E-state index < -0.39 is 32.5 Å². The molecule has 0 amide bonds. The van der Waals surface area contributed by atoms with Gasteiger partial charge in [-0.15, -0.1) is 0 Å². The van der Waals surface area contributed by atoms with E-state index in [1.807, 2.05) is 35.0 Å². The fraction of sp³-hybridized carbons (Fsp3) is 0.929. The van der Waals surface area contributed by atoms with E-state index in [2.05, 4.69) is 27.7 Å². The van der Waals surface area contributed by atoms with Crippen molar-refractivity contribution in [2.75, 3.05) is 47.5 Å². The maximum absolute atomic E-state index is 12.6. The van der Waals surface area contributed by atoms with Crippen molar-refractivity contribution in [3.63, 3.8) is 0 Å². The van der Waals surface area contributed by atoms with Crippen LogP contribution in [0.4, 0.5) is 0 Å². The van der Waals surface area contributed by atoms with Crippen molar-refractivity contribution < 1.29 is 42.1 Å². The van der Waals surface area contributed by atoms with E-state index in [1.165, 1.54) is 0 Å². The SMILES string of the molecule is CC(C)CCCC(C)CC(=O)OC[C@H](COP(=O)([O-])OCC[N+](C)(C)C)OC(=O)CC(C)CCCC(C)C. The van der Waals surface area contributed by atoms with E-state index >= 15 is 0 Å². The van der Waals surface area contributed by atoms with E-state index in [0.29, 0.717) is 22.9 Å². The summed E-state index contributed by atoms with van der Waals surface area (Å²) in [6.45, 7) is 12.3. The molecular weight excluding hydrogens is 509 g/mol. The lowest BCUT2D eigenvalue weighted by atomic mass is 9.97. The van der Waals surface area contributed by atoms with Gasteiger partial charge in [-0.3, -0.25) is 14.2 Å². The van der Waals surface area contributed by atoms with E-state index in [-0.39, 0.29) is 37.9 Å². The van der Waals surface area contributed by atoms with Gasteiger partial charge in [0.15, 0.2) is 6.10 Å². The van der Waals surface area contributed by atoms with E-state index in [9.17, 15) is 19.0 Å². The van der Waals surface area contributed by atoms with Gasteiger partial charge >= 0.3 is 11.9 Å². The molecule has 38 heavy (non-hydrogen) atoms. The topological polar surface area (TPSA) is 111 Å². The molecule has 4 atom stereocenters. The lowest BCUT2D eigenvalue weighted by Gasteiger charge is -2.28. The predicted molar refractivity (Wildman–Crippen MR) is 148 cm³/mol. The maximum atomic E-state index is 12.6. The second-order valence-electron chi connectivity index (χ2n) is 12.7. The van der Waals surface area contributed by atoms with Crippen LogP contribution in [0.15, 0.2) is 0 Å². The minimum atomic E-state index is -4.61. The Morgan fingerprint density at radius 1 is 0.763 bits per heavy atom. The second kappa shape index (κ2) is 19.1. The minimum absolute atomic E-state index is 0.0354. The van der Waals surface area contributed by atoms with Crippen LogP contribution in [0.1, 0.15) is 92.9 Å². The Kier molecular flexibility index (Phi) is 18.7. The summed E-state index contributed by atoms with van der Waals surface area (Å²) in [5.74, 6) is 0.643. The maximum Gasteiger partial charge on any atom is 0.306 e. The Morgan fingerprint density at radius 3 is 1.74 bits per heavy atom. The number of rotatable bonds is 22. The summed E-state index contributed by atoms with van der Waals surface area (Å²) >= 11 is 0. The molecule has 0 fully saturated rings. The number of ether oxygens (including phenoxy) is 2. The lowest BCUT2D eigenvalue weighted by molar-refractivity contribution is -0.870. The number of likely N-dealkylation sites (N-methyl/N-ethyl adjacent to an activating group) is 1. The number of quaternary nitrogens is 1. The van der Waals surface area contributed by atoms with Gasteiger partial charge in [0.2, 0.25) is 0 Å². The Balaban J connectivity index is 4.90. The molecule has 0 aliphatic rings. The standard InChI is InChI=1S/C28H56NO8P/c1-22(2)12-10-14-24(5)18-27(30)34-20-26(21-36-38(32,33)35-17-16-29(7,8)9)37-28(31)19-25(6)15-11-13-23(3)4/h22-26H,10-21H2,1-9H3/t24?,25?,26-/m1/s1. The molecule has 0 bridgehead atoms. The zero-order valence-electron chi connectivity index (χ0n) is 25.5. The van der Waals surface area contributed by atoms with E-state index in [0.717, 1.165) is 38.5 Å². The van der Waals surface area contributed by atoms with Crippen LogP contribution in [0.5, 0.6) is 0 Å². The number of hydrogen-bond donors (Lipinski definition) is 0. The van der Waals surface area contributed by atoms with Gasteiger partial charge in [0, 0.05) is 12.8 Å². The molecule has 0 N–H and O–H groups in total. The molecule has 0 aromatic heterocycles. The first kappa shape index (κ1) is 37.0. The molecule has 0 saturated heterocycles. The largest absolute Gasteiger partial charge is 0.756 e. The van der Waals surface area contributed by atoms with Crippen LogP contribution in [0.25, 0.3) is 0 Å². The molecule has 3 unspecified atom stereocenters.